The average molecular weight is 224 g/mol. The lowest BCUT2D eigenvalue weighted by molar-refractivity contribution is -0.134. The molecule has 1 aliphatic heterocycles. The number of carbonyl (C=O) groups excluding carboxylic acids is 1. The maximum absolute atomic E-state index is 11.5. The first-order chi connectivity index (χ1) is 7.22. The number of fused-ring (bicyclic) bond motifs is 1. The maximum Gasteiger partial charge on any atom is 0.359 e. The van der Waals surface area contributed by atoms with E-state index >= 15 is 0 Å². The summed E-state index contributed by atoms with van der Waals surface area (Å²) < 4.78 is 4.85. The summed E-state index contributed by atoms with van der Waals surface area (Å²) in [7, 11) is 0. The third-order valence-electron chi connectivity index (χ3n) is 1.94. The zero-order valence-corrected chi connectivity index (χ0v) is 8.78. The van der Waals surface area contributed by atoms with Gasteiger partial charge in [0, 0.05) is 10.6 Å². The lowest BCUT2D eigenvalue weighted by Gasteiger charge is -2.01. The van der Waals surface area contributed by atoms with E-state index in [0.717, 1.165) is 0 Å². The second-order valence-corrected chi connectivity index (χ2v) is 3.37. The van der Waals surface area contributed by atoms with Crippen molar-refractivity contribution in [1.82, 2.24) is 5.43 Å². The van der Waals surface area contributed by atoms with Gasteiger partial charge in [-0.15, -0.1) is 10.5 Å². The van der Waals surface area contributed by atoms with Gasteiger partial charge in [-0.2, -0.15) is 0 Å². The minimum atomic E-state index is -0.470. The predicted molar refractivity (Wildman–Crippen MR) is 56.4 cm³/mol. The van der Waals surface area contributed by atoms with E-state index in [1.807, 2.05) is 0 Å². The average Bonchev–Trinajstić information content (AvgIpc) is 2.60. The molecule has 0 aromatic heterocycles. The van der Waals surface area contributed by atoms with Gasteiger partial charge in [-0.25, -0.2) is 4.79 Å². The molecule has 1 aromatic rings. The van der Waals surface area contributed by atoms with Gasteiger partial charge in [0.1, 0.15) is 0 Å². The van der Waals surface area contributed by atoms with Gasteiger partial charge in [0.25, 0.3) is 0 Å². The summed E-state index contributed by atoms with van der Waals surface area (Å²) in [5.74, 6) is -0.470. The molecule has 15 heavy (non-hydrogen) atoms. The SMILES string of the molecule is CCOC(=O)C1=N[N]c2ccc(Cl)cc21. The van der Waals surface area contributed by atoms with Crippen molar-refractivity contribution >= 4 is 29.0 Å². The van der Waals surface area contributed by atoms with E-state index in [-0.39, 0.29) is 5.71 Å². The highest BCUT2D eigenvalue weighted by molar-refractivity contribution is 6.45. The molecule has 0 amide bonds. The maximum atomic E-state index is 11.5. The number of benzene rings is 1. The molecule has 4 nitrogen and oxygen atoms in total. The highest BCUT2D eigenvalue weighted by Gasteiger charge is 2.24. The molecule has 0 fully saturated rings. The Labute approximate surface area is 91.9 Å². The van der Waals surface area contributed by atoms with Crippen molar-refractivity contribution < 1.29 is 9.53 Å². The van der Waals surface area contributed by atoms with Gasteiger partial charge in [-0.3, -0.25) is 0 Å². The number of nitrogens with zero attached hydrogens (tertiary/aromatic N) is 2. The summed E-state index contributed by atoms with van der Waals surface area (Å²) in [6.45, 7) is 2.05. The number of halogens is 1. The van der Waals surface area contributed by atoms with Crippen LogP contribution in [0.2, 0.25) is 5.02 Å². The molecule has 2 rings (SSSR count). The van der Waals surface area contributed by atoms with E-state index in [9.17, 15) is 4.79 Å². The molecule has 0 bridgehead atoms. The van der Waals surface area contributed by atoms with Crippen molar-refractivity contribution in [2.75, 3.05) is 6.61 Å². The quantitative estimate of drug-likeness (QED) is 0.719. The van der Waals surface area contributed by atoms with Crippen LogP contribution in [0.15, 0.2) is 23.3 Å². The first-order valence-corrected chi connectivity index (χ1v) is 4.86. The fourth-order valence-electron chi connectivity index (χ4n) is 1.29. The molecule has 1 aromatic carbocycles. The molecule has 1 radical (unpaired) electrons. The van der Waals surface area contributed by atoms with Crippen molar-refractivity contribution in [3.8, 4) is 0 Å². The Morgan fingerprint density at radius 2 is 2.33 bits per heavy atom. The van der Waals surface area contributed by atoms with Gasteiger partial charge >= 0.3 is 5.97 Å². The van der Waals surface area contributed by atoms with Crippen LogP contribution in [0.4, 0.5) is 5.69 Å². The van der Waals surface area contributed by atoms with E-state index in [0.29, 0.717) is 22.9 Å². The second kappa shape index (κ2) is 3.90. The number of carbonyl (C=O) groups is 1. The second-order valence-electron chi connectivity index (χ2n) is 2.93. The van der Waals surface area contributed by atoms with Gasteiger partial charge < -0.3 is 4.74 Å². The molecule has 1 heterocycles. The smallest absolute Gasteiger partial charge is 0.359 e. The van der Waals surface area contributed by atoms with E-state index in [1.165, 1.54) is 0 Å². The fourth-order valence-corrected chi connectivity index (χ4v) is 1.47. The van der Waals surface area contributed by atoms with E-state index in [1.54, 1.807) is 25.1 Å². The standard InChI is InChI=1S/C10H8ClN2O2/c1-2-15-10(14)9-7-5-6(11)3-4-8(7)12-13-9/h3-5H,2H2,1H3. The topological polar surface area (TPSA) is 52.8 Å². The molecule has 0 N–H and O–H groups in total. The van der Waals surface area contributed by atoms with Crippen molar-refractivity contribution in [3.63, 3.8) is 0 Å². The molecule has 0 saturated carbocycles. The Bertz CT molecular complexity index is 443. The molecule has 0 unspecified atom stereocenters. The molecular formula is C10H8ClN2O2. The summed E-state index contributed by atoms with van der Waals surface area (Å²) in [5.41, 5.74) is 5.34. The third kappa shape index (κ3) is 1.80. The van der Waals surface area contributed by atoms with Crippen LogP contribution >= 0.6 is 11.6 Å². The van der Waals surface area contributed by atoms with Crippen molar-refractivity contribution in [1.29, 1.82) is 0 Å². The van der Waals surface area contributed by atoms with Gasteiger partial charge in [0.15, 0.2) is 5.71 Å². The van der Waals surface area contributed by atoms with Gasteiger partial charge in [-0.05, 0) is 25.1 Å². The van der Waals surface area contributed by atoms with Crippen molar-refractivity contribution in [2.24, 2.45) is 5.10 Å². The lowest BCUT2D eigenvalue weighted by Crippen LogP contribution is -2.16. The molecule has 1 aliphatic rings. The van der Waals surface area contributed by atoms with Gasteiger partial charge in [0.2, 0.25) is 0 Å². The summed E-state index contributed by atoms with van der Waals surface area (Å²) in [5, 5.41) is 4.32. The van der Waals surface area contributed by atoms with Gasteiger partial charge in [-0.1, -0.05) is 11.6 Å². The normalized spacial score (nSPS) is 12.8. The van der Waals surface area contributed by atoms with E-state index < -0.39 is 5.97 Å². The summed E-state index contributed by atoms with van der Waals surface area (Å²) in [4.78, 5) is 11.5. The summed E-state index contributed by atoms with van der Waals surface area (Å²) >= 11 is 5.82. The number of esters is 1. The molecule has 0 atom stereocenters. The molecule has 0 spiro atoms. The Balaban J connectivity index is 2.33. The van der Waals surface area contributed by atoms with Crippen LogP contribution < -0.4 is 5.43 Å². The molecular weight excluding hydrogens is 216 g/mol. The molecule has 77 valence electrons. The lowest BCUT2D eigenvalue weighted by atomic mass is 10.1. The number of hydrogen-bond acceptors (Lipinski definition) is 3. The largest absolute Gasteiger partial charge is 0.461 e. The highest BCUT2D eigenvalue weighted by atomic mass is 35.5. The first kappa shape index (κ1) is 9.98. The van der Waals surface area contributed by atoms with Crippen LogP contribution in [-0.2, 0) is 9.53 Å². The molecule has 0 saturated heterocycles. The van der Waals surface area contributed by atoms with Crippen LogP contribution in [0.1, 0.15) is 12.5 Å². The highest BCUT2D eigenvalue weighted by Crippen LogP contribution is 2.26. The Morgan fingerprint density at radius 1 is 1.53 bits per heavy atom. The zero-order chi connectivity index (χ0) is 10.8. The van der Waals surface area contributed by atoms with Crippen LogP contribution in [-0.4, -0.2) is 18.3 Å². The molecule has 5 heteroatoms. The Kier molecular flexibility index (Phi) is 2.60. The van der Waals surface area contributed by atoms with Crippen LogP contribution in [0.25, 0.3) is 0 Å². The van der Waals surface area contributed by atoms with Gasteiger partial charge in [0.05, 0.1) is 12.3 Å². The Morgan fingerprint density at radius 3 is 3.07 bits per heavy atom. The first-order valence-electron chi connectivity index (χ1n) is 4.48. The monoisotopic (exact) mass is 223 g/mol. The minimum Gasteiger partial charge on any atom is -0.461 e. The number of hydrogen-bond donors (Lipinski definition) is 0. The predicted octanol–water partition coefficient (Wildman–Crippen LogP) is 1.86. The van der Waals surface area contributed by atoms with Crippen molar-refractivity contribution in [3.05, 3.63) is 28.8 Å². The summed E-state index contributed by atoms with van der Waals surface area (Å²) in [6, 6.07) is 5.07. The van der Waals surface area contributed by atoms with E-state index in [4.69, 9.17) is 16.3 Å². The zero-order valence-electron chi connectivity index (χ0n) is 8.03. The number of ether oxygens (including phenoxy) is 1. The molecule has 0 aliphatic carbocycles. The Hall–Kier alpha value is -1.55. The summed E-state index contributed by atoms with van der Waals surface area (Å²) in [6.07, 6.45) is 0. The van der Waals surface area contributed by atoms with Crippen LogP contribution in [0.3, 0.4) is 0 Å². The van der Waals surface area contributed by atoms with Crippen molar-refractivity contribution in [2.45, 2.75) is 6.92 Å². The minimum absolute atomic E-state index is 0.217. The van der Waals surface area contributed by atoms with Crippen LogP contribution in [0.5, 0.6) is 0 Å². The van der Waals surface area contributed by atoms with E-state index in [2.05, 4.69) is 10.5 Å². The fraction of sp³-hybridized carbons (Fsp3) is 0.200. The number of rotatable bonds is 2. The third-order valence-corrected chi connectivity index (χ3v) is 2.18. The van der Waals surface area contributed by atoms with Crippen LogP contribution in [0, 0.1) is 0 Å².